The summed E-state index contributed by atoms with van der Waals surface area (Å²) in [6, 6.07) is 1.73. The van der Waals surface area contributed by atoms with Gasteiger partial charge in [-0.2, -0.15) is 0 Å². The van der Waals surface area contributed by atoms with Crippen LogP contribution in [0.15, 0.2) is 23.6 Å². The Morgan fingerprint density at radius 2 is 1.91 bits per heavy atom. The highest BCUT2D eigenvalue weighted by Crippen LogP contribution is 2.21. The van der Waals surface area contributed by atoms with E-state index in [1.165, 1.54) is 11.8 Å². The maximum atomic E-state index is 12.3. The summed E-state index contributed by atoms with van der Waals surface area (Å²) in [6.45, 7) is 4.85. The number of amides is 1. The van der Waals surface area contributed by atoms with Crippen molar-refractivity contribution in [1.82, 2.24) is 14.9 Å². The van der Waals surface area contributed by atoms with Crippen LogP contribution in [0.4, 0.5) is 0 Å². The maximum Gasteiger partial charge on any atom is 0.233 e. The average Bonchev–Trinajstić information content (AvgIpc) is 2.52. The first-order chi connectivity index (χ1) is 10.9. The number of nitrogens with zero attached hydrogens (tertiary/aromatic N) is 3. The predicted molar refractivity (Wildman–Crippen MR) is 91.0 cm³/mol. The summed E-state index contributed by atoms with van der Waals surface area (Å²) in [5.41, 5.74) is 0. The molecule has 1 fully saturated rings. The summed E-state index contributed by atoms with van der Waals surface area (Å²) in [5.74, 6) is 0.671. The Balaban J connectivity index is 1.81. The maximum absolute atomic E-state index is 12.3. The largest absolute Gasteiger partial charge is 0.342 e. The predicted octanol–water partition coefficient (Wildman–Crippen LogP) is 1.63. The molecule has 0 N–H and O–H groups in total. The van der Waals surface area contributed by atoms with Crippen molar-refractivity contribution in [2.45, 2.75) is 37.1 Å². The third kappa shape index (κ3) is 5.46. The summed E-state index contributed by atoms with van der Waals surface area (Å²) >= 11 is 1.31. The molecular formula is C15H23N3O3S2. The van der Waals surface area contributed by atoms with Crippen LogP contribution in [0.25, 0.3) is 0 Å². The second kappa shape index (κ2) is 8.10. The second-order valence-corrected chi connectivity index (χ2v) is 9.39. The van der Waals surface area contributed by atoms with E-state index in [1.54, 1.807) is 23.4 Å². The topological polar surface area (TPSA) is 80.2 Å². The van der Waals surface area contributed by atoms with Gasteiger partial charge in [-0.1, -0.05) is 25.6 Å². The lowest BCUT2D eigenvalue weighted by molar-refractivity contribution is -0.129. The molecular weight excluding hydrogens is 334 g/mol. The molecule has 8 heteroatoms. The Morgan fingerprint density at radius 1 is 1.30 bits per heavy atom. The Hall–Kier alpha value is -1.15. The van der Waals surface area contributed by atoms with Gasteiger partial charge in [0, 0.05) is 25.5 Å². The van der Waals surface area contributed by atoms with E-state index < -0.39 is 9.84 Å². The van der Waals surface area contributed by atoms with E-state index in [0.717, 1.165) is 0 Å². The number of thioether (sulfide) groups is 1. The fourth-order valence-electron chi connectivity index (χ4n) is 2.64. The lowest BCUT2D eigenvalue weighted by atomic mass is 10.1. The van der Waals surface area contributed by atoms with Gasteiger partial charge in [-0.3, -0.25) is 4.79 Å². The van der Waals surface area contributed by atoms with E-state index in [4.69, 9.17) is 0 Å². The molecule has 1 aromatic rings. The van der Waals surface area contributed by atoms with Crippen LogP contribution in [0.2, 0.25) is 0 Å². The van der Waals surface area contributed by atoms with E-state index in [1.807, 2.05) is 13.8 Å². The van der Waals surface area contributed by atoms with E-state index >= 15 is 0 Å². The van der Waals surface area contributed by atoms with Crippen LogP contribution in [0, 0.1) is 5.92 Å². The van der Waals surface area contributed by atoms with Crippen molar-refractivity contribution in [3.8, 4) is 0 Å². The SMILES string of the molecule is CC(C)CS(=O)(=O)C1CCN(C(=O)CSc2ncccn2)CC1. The molecule has 1 saturated heterocycles. The summed E-state index contributed by atoms with van der Waals surface area (Å²) in [6.07, 6.45) is 4.36. The smallest absolute Gasteiger partial charge is 0.233 e. The number of piperidine rings is 1. The van der Waals surface area contributed by atoms with E-state index in [0.29, 0.717) is 31.1 Å². The van der Waals surface area contributed by atoms with E-state index in [9.17, 15) is 13.2 Å². The van der Waals surface area contributed by atoms with Crippen molar-refractivity contribution in [3.05, 3.63) is 18.5 Å². The first-order valence-corrected chi connectivity index (χ1v) is 10.5. The highest BCUT2D eigenvalue weighted by atomic mass is 32.2. The van der Waals surface area contributed by atoms with Crippen LogP contribution in [-0.2, 0) is 14.6 Å². The monoisotopic (exact) mass is 357 g/mol. The summed E-state index contributed by atoms with van der Waals surface area (Å²) in [7, 11) is -3.05. The zero-order chi connectivity index (χ0) is 16.9. The third-order valence-corrected chi connectivity index (χ3v) is 7.21. The summed E-state index contributed by atoms with van der Waals surface area (Å²) in [5, 5.41) is 0.273. The average molecular weight is 358 g/mol. The van der Waals surface area contributed by atoms with Crippen LogP contribution in [0.1, 0.15) is 26.7 Å². The molecule has 23 heavy (non-hydrogen) atoms. The van der Waals surface area contributed by atoms with Gasteiger partial charge in [0.1, 0.15) is 0 Å². The number of carbonyl (C=O) groups is 1. The number of rotatable bonds is 6. The lowest BCUT2D eigenvalue weighted by Crippen LogP contribution is -2.44. The normalized spacial score (nSPS) is 16.7. The molecule has 128 valence electrons. The minimum atomic E-state index is -3.05. The van der Waals surface area contributed by atoms with E-state index in [-0.39, 0.29) is 28.6 Å². The molecule has 0 bridgehead atoms. The van der Waals surface area contributed by atoms with Gasteiger partial charge in [-0.15, -0.1) is 0 Å². The molecule has 1 aliphatic heterocycles. The van der Waals surface area contributed by atoms with Crippen molar-refractivity contribution in [2.24, 2.45) is 5.92 Å². The van der Waals surface area contributed by atoms with Crippen LogP contribution < -0.4 is 0 Å². The molecule has 1 aliphatic rings. The molecule has 0 aromatic carbocycles. The van der Waals surface area contributed by atoms with Gasteiger partial charge in [0.05, 0.1) is 16.8 Å². The van der Waals surface area contributed by atoms with Crippen LogP contribution in [0.5, 0.6) is 0 Å². The fraction of sp³-hybridized carbons (Fsp3) is 0.667. The fourth-order valence-corrected chi connectivity index (χ4v) is 5.48. The molecule has 0 saturated carbocycles. The molecule has 0 aliphatic carbocycles. The van der Waals surface area contributed by atoms with Crippen molar-refractivity contribution in [1.29, 1.82) is 0 Å². The Kier molecular flexibility index (Phi) is 6.41. The molecule has 1 aromatic heterocycles. The van der Waals surface area contributed by atoms with Gasteiger partial charge in [0.25, 0.3) is 0 Å². The number of sulfone groups is 1. The van der Waals surface area contributed by atoms with Crippen LogP contribution in [0.3, 0.4) is 0 Å². The molecule has 0 spiro atoms. The first-order valence-electron chi connectivity index (χ1n) is 7.77. The molecule has 2 rings (SSSR count). The molecule has 0 unspecified atom stereocenters. The molecule has 0 atom stereocenters. The molecule has 2 heterocycles. The summed E-state index contributed by atoms with van der Waals surface area (Å²) < 4.78 is 24.5. The minimum absolute atomic E-state index is 0.0159. The quantitative estimate of drug-likeness (QED) is 0.569. The van der Waals surface area contributed by atoms with Gasteiger partial charge in [0.2, 0.25) is 5.91 Å². The van der Waals surface area contributed by atoms with Crippen molar-refractivity contribution >= 4 is 27.5 Å². The Bertz CT molecular complexity index is 612. The van der Waals surface area contributed by atoms with Crippen LogP contribution in [-0.4, -0.2) is 59.0 Å². The number of hydrogen-bond donors (Lipinski definition) is 0. The zero-order valence-corrected chi connectivity index (χ0v) is 15.1. The van der Waals surface area contributed by atoms with Gasteiger partial charge >= 0.3 is 0 Å². The molecule has 6 nitrogen and oxygen atoms in total. The summed E-state index contributed by atoms with van der Waals surface area (Å²) in [4.78, 5) is 22.1. The standard InChI is InChI=1S/C15H23N3O3S2/c1-12(2)11-23(20,21)13-4-8-18(9-5-13)14(19)10-22-15-16-6-3-7-17-15/h3,6-7,12-13H,4-5,8-11H2,1-2H3. The Morgan fingerprint density at radius 3 is 2.48 bits per heavy atom. The number of likely N-dealkylation sites (tertiary alicyclic amines) is 1. The van der Waals surface area contributed by atoms with Gasteiger partial charge < -0.3 is 4.90 Å². The highest BCUT2D eigenvalue weighted by Gasteiger charge is 2.31. The highest BCUT2D eigenvalue weighted by molar-refractivity contribution is 7.99. The second-order valence-electron chi connectivity index (χ2n) is 6.12. The van der Waals surface area contributed by atoms with Crippen molar-refractivity contribution in [3.63, 3.8) is 0 Å². The number of hydrogen-bond acceptors (Lipinski definition) is 6. The molecule has 1 amide bonds. The van der Waals surface area contributed by atoms with Gasteiger partial charge in [-0.05, 0) is 24.8 Å². The minimum Gasteiger partial charge on any atom is -0.342 e. The molecule has 0 radical (unpaired) electrons. The number of aromatic nitrogens is 2. The number of carbonyl (C=O) groups excluding carboxylic acids is 1. The van der Waals surface area contributed by atoms with Crippen molar-refractivity contribution < 1.29 is 13.2 Å². The van der Waals surface area contributed by atoms with Gasteiger partial charge in [-0.25, -0.2) is 18.4 Å². The zero-order valence-electron chi connectivity index (χ0n) is 13.5. The van der Waals surface area contributed by atoms with Gasteiger partial charge in [0.15, 0.2) is 15.0 Å². The first kappa shape index (κ1) is 18.2. The lowest BCUT2D eigenvalue weighted by Gasteiger charge is -2.32. The van der Waals surface area contributed by atoms with Crippen molar-refractivity contribution in [2.75, 3.05) is 24.6 Å². The van der Waals surface area contributed by atoms with E-state index in [2.05, 4.69) is 9.97 Å². The van der Waals surface area contributed by atoms with Crippen LogP contribution >= 0.6 is 11.8 Å². The third-order valence-electron chi connectivity index (χ3n) is 3.74. The Labute approximate surface area is 142 Å².